The van der Waals surface area contributed by atoms with Crippen LogP contribution in [0.15, 0.2) is 54.1 Å². The summed E-state index contributed by atoms with van der Waals surface area (Å²) in [5, 5.41) is 0.341. The number of hydrogen-bond donors (Lipinski definition) is 1. The number of fused-ring (bicyclic) bond motifs is 1. The van der Waals surface area contributed by atoms with Gasteiger partial charge in [0.25, 0.3) is 15.9 Å². The van der Waals surface area contributed by atoms with Crippen molar-refractivity contribution in [1.29, 1.82) is 0 Å². The van der Waals surface area contributed by atoms with Crippen molar-refractivity contribution in [2.75, 3.05) is 26.2 Å². The maximum Gasteiger partial charge on any atom is 0.291 e. The molecule has 0 aliphatic carbocycles. The first kappa shape index (κ1) is 22.4. The van der Waals surface area contributed by atoms with E-state index in [2.05, 4.69) is 24.9 Å². The van der Waals surface area contributed by atoms with Crippen molar-refractivity contribution in [1.82, 2.24) is 34.1 Å². The molecule has 1 aliphatic rings. The van der Waals surface area contributed by atoms with Gasteiger partial charge in [0.15, 0.2) is 0 Å². The predicted molar refractivity (Wildman–Crippen MR) is 126 cm³/mol. The molecule has 1 aromatic carbocycles. The van der Waals surface area contributed by atoms with E-state index in [1.807, 2.05) is 19.1 Å². The van der Waals surface area contributed by atoms with Gasteiger partial charge in [0, 0.05) is 61.0 Å². The third-order valence-electron chi connectivity index (χ3n) is 5.61. The summed E-state index contributed by atoms with van der Waals surface area (Å²) in [5.41, 5.74) is 3.63. The number of benzene rings is 1. The zero-order valence-corrected chi connectivity index (χ0v) is 19.7. The quantitative estimate of drug-likeness (QED) is 0.459. The number of aromatic nitrogens is 5. The van der Waals surface area contributed by atoms with Crippen molar-refractivity contribution in [3.05, 3.63) is 65.5 Å². The highest BCUT2D eigenvalue weighted by atomic mass is 35.5. The lowest BCUT2D eigenvalue weighted by Crippen LogP contribution is -2.50. The first-order valence-corrected chi connectivity index (χ1v) is 12.3. The number of pyridine rings is 1. The molecule has 1 saturated heterocycles. The Morgan fingerprint density at radius 3 is 2.44 bits per heavy atom. The van der Waals surface area contributed by atoms with E-state index in [0.717, 1.165) is 16.8 Å². The second kappa shape index (κ2) is 8.75. The zero-order valence-electron chi connectivity index (χ0n) is 18.1. The molecule has 12 heteroatoms. The molecule has 0 radical (unpaired) electrons. The standard InChI is InChI=1S/C22H20ClN7O3S/c1-14-10-15(4-5-24-14)16-12-25-20(26-13-16)21(31)29-6-8-30(9-7-29)34(32,33)22-27-18-3-2-17(23)11-19(18)28-22/h2-5,10-13H,6-9H2,1H3,(H,27,28). The van der Waals surface area contributed by atoms with Gasteiger partial charge < -0.3 is 9.88 Å². The SMILES string of the molecule is Cc1cc(-c2cnc(C(=O)N3CCN(S(=O)(=O)c4nc5ccc(Cl)cc5[nH]4)CC3)nc2)ccn1. The summed E-state index contributed by atoms with van der Waals surface area (Å²) in [4.78, 5) is 34.1. The number of carbonyl (C=O) groups is 1. The van der Waals surface area contributed by atoms with Crippen molar-refractivity contribution in [3.8, 4) is 11.1 Å². The van der Waals surface area contributed by atoms with Gasteiger partial charge in [-0.1, -0.05) is 11.6 Å². The number of carbonyl (C=O) groups excluding carboxylic acids is 1. The second-order valence-electron chi connectivity index (χ2n) is 7.88. The van der Waals surface area contributed by atoms with Gasteiger partial charge in [0.2, 0.25) is 11.0 Å². The van der Waals surface area contributed by atoms with Crippen LogP contribution in [0.5, 0.6) is 0 Å². The van der Waals surface area contributed by atoms with Gasteiger partial charge in [-0.3, -0.25) is 9.78 Å². The molecule has 1 N–H and O–H groups in total. The van der Waals surface area contributed by atoms with E-state index in [-0.39, 0.29) is 43.1 Å². The van der Waals surface area contributed by atoms with Gasteiger partial charge >= 0.3 is 0 Å². The van der Waals surface area contributed by atoms with E-state index in [1.54, 1.807) is 41.7 Å². The van der Waals surface area contributed by atoms with Crippen LogP contribution in [-0.2, 0) is 10.0 Å². The number of halogens is 1. The molecule has 1 amide bonds. The van der Waals surface area contributed by atoms with Gasteiger partial charge in [-0.2, -0.15) is 4.31 Å². The number of aryl methyl sites for hydroxylation is 1. The third-order valence-corrected chi connectivity index (χ3v) is 7.57. The van der Waals surface area contributed by atoms with Gasteiger partial charge in [-0.05, 0) is 42.8 Å². The molecule has 0 saturated carbocycles. The number of amides is 1. The monoisotopic (exact) mass is 497 g/mol. The smallest absolute Gasteiger partial charge is 0.291 e. The van der Waals surface area contributed by atoms with E-state index in [4.69, 9.17) is 11.6 Å². The minimum Gasteiger partial charge on any atom is -0.333 e. The molecule has 3 aromatic heterocycles. The number of nitrogens with zero attached hydrogens (tertiary/aromatic N) is 6. The zero-order chi connectivity index (χ0) is 23.9. The van der Waals surface area contributed by atoms with E-state index in [9.17, 15) is 13.2 Å². The van der Waals surface area contributed by atoms with Gasteiger partial charge in [0.05, 0.1) is 11.0 Å². The Balaban J connectivity index is 1.26. The van der Waals surface area contributed by atoms with Crippen LogP contribution in [0.1, 0.15) is 16.3 Å². The number of aromatic amines is 1. The summed E-state index contributed by atoms with van der Waals surface area (Å²) in [6.07, 6.45) is 4.91. The minimum atomic E-state index is -3.84. The molecule has 1 fully saturated rings. The average molecular weight is 498 g/mol. The third kappa shape index (κ3) is 4.25. The Labute approximate surface area is 200 Å². The summed E-state index contributed by atoms with van der Waals surface area (Å²) in [6.45, 7) is 2.62. The van der Waals surface area contributed by atoms with Crippen molar-refractivity contribution in [2.45, 2.75) is 12.1 Å². The van der Waals surface area contributed by atoms with E-state index in [0.29, 0.717) is 16.1 Å². The van der Waals surface area contributed by atoms with Crippen LogP contribution < -0.4 is 0 Å². The molecule has 0 atom stereocenters. The summed E-state index contributed by atoms with van der Waals surface area (Å²) < 4.78 is 27.4. The molecule has 4 aromatic rings. The molecule has 0 unspecified atom stereocenters. The molecule has 5 rings (SSSR count). The van der Waals surface area contributed by atoms with E-state index >= 15 is 0 Å². The Hall–Kier alpha value is -3.41. The molecular weight excluding hydrogens is 478 g/mol. The molecule has 4 heterocycles. The maximum atomic E-state index is 13.1. The molecule has 0 spiro atoms. The normalized spacial score (nSPS) is 15.1. The number of piperazine rings is 1. The van der Waals surface area contributed by atoms with Crippen LogP contribution in [0.4, 0.5) is 0 Å². The van der Waals surface area contributed by atoms with Crippen molar-refractivity contribution in [2.24, 2.45) is 0 Å². The van der Waals surface area contributed by atoms with Gasteiger partial charge in [-0.25, -0.2) is 23.4 Å². The lowest BCUT2D eigenvalue weighted by molar-refractivity contribution is 0.0685. The van der Waals surface area contributed by atoms with Crippen LogP contribution in [0.25, 0.3) is 22.2 Å². The molecule has 0 bridgehead atoms. The number of H-pyrrole nitrogens is 1. The van der Waals surface area contributed by atoms with Crippen LogP contribution >= 0.6 is 11.6 Å². The van der Waals surface area contributed by atoms with Gasteiger partial charge in [-0.15, -0.1) is 0 Å². The molecule has 34 heavy (non-hydrogen) atoms. The van der Waals surface area contributed by atoms with E-state index < -0.39 is 10.0 Å². The maximum absolute atomic E-state index is 13.1. The van der Waals surface area contributed by atoms with Gasteiger partial charge in [0.1, 0.15) is 0 Å². The largest absolute Gasteiger partial charge is 0.333 e. The first-order chi connectivity index (χ1) is 16.3. The average Bonchev–Trinajstić information content (AvgIpc) is 3.28. The highest BCUT2D eigenvalue weighted by Crippen LogP contribution is 2.22. The van der Waals surface area contributed by atoms with Crippen LogP contribution in [0.2, 0.25) is 5.02 Å². The summed E-state index contributed by atoms with van der Waals surface area (Å²) in [5.74, 6) is -0.270. The lowest BCUT2D eigenvalue weighted by atomic mass is 10.1. The second-order valence-corrected chi connectivity index (χ2v) is 10.2. The van der Waals surface area contributed by atoms with Crippen LogP contribution in [0.3, 0.4) is 0 Å². The lowest BCUT2D eigenvalue weighted by Gasteiger charge is -2.33. The van der Waals surface area contributed by atoms with Crippen LogP contribution in [0, 0.1) is 6.92 Å². The number of sulfonamides is 1. The summed E-state index contributed by atoms with van der Waals surface area (Å²) in [7, 11) is -3.84. The topological polar surface area (TPSA) is 125 Å². The summed E-state index contributed by atoms with van der Waals surface area (Å²) in [6, 6.07) is 8.70. The highest BCUT2D eigenvalue weighted by molar-refractivity contribution is 7.89. The van der Waals surface area contributed by atoms with Crippen molar-refractivity contribution >= 4 is 38.6 Å². The summed E-state index contributed by atoms with van der Waals surface area (Å²) >= 11 is 5.98. The fourth-order valence-corrected chi connectivity index (χ4v) is 5.30. The molecule has 1 aliphatic heterocycles. The first-order valence-electron chi connectivity index (χ1n) is 10.5. The molecular formula is C22H20ClN7O3S. The van der Waals surface area contributed by atoms with Crippen LogP contribution in [-0.4, -0.2) is 74.6 Å². The number of hydrogen-bond acceptors (Lipinski definition) is 7. The fraction of sp³-hybridized carbons (Fsp3) is 0.227. The Morgan fingerprint density at radius 1 is 1.00 bits per heavy atom. The Bertz CT molecular complexity index is 1480. The van der Waals surface area contributed by atoms with Crippen molar-refractivity contribution < 1.29 is 13.2 Å². The Kier molecular flexibility index (Phi) is 5.76. The van der Waals surface area contributed by atoms with E-state index in [1.165, 1.54) is 4.31 Å². The number of nitrogens with one attached hydrogen (secondary N) is 1. The predicted octanol–water partition coefficient (Wildman–Crippen LogP) is 2.52. The highest BCUT2D eigenvalue weighted by Gasteiger charge is 2.33. The van der Waals surface area contributed by atoms with Crippen molar-refractivity contribution in [3.63, 3.8) is 0 Å². The Morgan fingerprint density at radius 2 is 1.74 bits per heavy atom. The fourth-order valence-electron chi connectivity index (χ4n) is 3.79. The number of imidazole rings is 1. The number of rotatable bonds is 4. The minimum absolute atomic E-state index is 0.0694. The molecule has 10 nitrogen and oxygen atoms in total. The molecule has 174 valence electrons.